The van der Waals surface area contributed by atoms with Gasteiger partial charge in [-0.2, -0.15) is 5.10 Å². The van der Waals surface area contributed by atoms with Gasteiger partial charge in [-0.3, -0.25) is 4.68 Å². The van der Waals surface area contributed by atoms with Crippen LogP contribution in [0, 0.1) is 0 Å². The minimum atomic E-state index is 0.226. The summed E-state index contributed by atoms with van der Waals surface area (Å²) in [6.45, 7) is 2.85. The number of aromatic nitrogens is 4. The van der Waals surface area contributed by atoms with Gasteiger partial charge in [-0.25, -0.2) is 4.98 Å². The molecule has 0 aliphatic carbocycles. The minimum Gasteiger partial charge on any atom is -0.340 e. The van der Waals surface area contributed by atoms with Gasteiger partial charge in [0.25, 0.3) is 0 Å². The predicted octanol–water partition coefficient (Wildman–Crippen LogP) is 2.10. The Morgan fingerprint density at radius 2 is 2.14 bits per heavy atom. The second kappa shape index (κ2) is 5.69. The largest absolute Gasteiger partial charge is 0.340 e. The van der Waals surface area contributed by atoms with E-state index in [0.29, 0.717) is 0 Å². The molecule has 21 heavy (non-hydrogen) atoms. The molecule has 0 saturated heterocycles. The number of hydrogen-bond acceptors (Lipinski definition) is 3. The van der Waals surface area contributed by atoms with Crippen LogP contribution < -0.4 is 5.73 Å². The molecule has 2 aromatic heterocycles. The van der Waals surface area contributed by atoms with Crippen molar-refractivity contribution in [2.75, 3.05) is 0 Å². The fourth-order valence-corrected chi connectivity index (χ4v) is 2.56. The van der Waals surface area contributed by atoms with Crippen LogP contribution in [0.2, 0.25) is 0 Å². The molecule has 0 bridgehead atoms. The van der Waals surface area contributed by atoms with E-state index in [0.717, 1.165) is 25.2 Å². The lowest BCUT2D eigenvalue weighted by atomic mass is 10.0. The average Bonchev–Trinajstić information content (AvgIpc) is 3.07. The van der Waals surface area contributed by atoms with Gasteiger partial charge in [0.1, 0.15) is 12.2 Å². The summed E-state index contributed by atoms with van der Waals surface area (Å²) < 4.78 is 4.02. The van der Waals surface area contributed by atoms with Crippen LogP contribution in [0.25, 0.3) is 10.9 Å². The predicted molar refractivity (Wildman–Crippen MR) is 84.0 cm³/mol. The van der Waals surface area contributed by atoms with Gasteiger partial charge in [0, 0.05) is 24.8 Å². The van der Waals surface area contributed by atoms with Crippen LogP contribution >= 0.6 is 0 Å². The maximum atomic E-state index is 6.06. The number of fused-ring (bicyclic) bond motifs is 1. The molecule has 0 radical (unpaired) electrons. The number of nitrogens with two attached hydrogens (primary N) is 1. The Kier molecular flexibility index (Phi) is 3.75. The SMILES string of the molecule is CCC(N)Cc1ccc2ccn(Cc3ncnn3C)c2c1. The highest BCUT2D eigenvalue weighted by atomic mass is 15.3. The molecule has 2 N–H and O–H groups in total. The molecule has 0 saturated carbocycles. The van der Waals surface area contributed by atoms with Crippen molar-refractivity contribution < 1.29 is 0 Å². The zero-order valence-electron chi connectivity index (χ0n) is 12.5. The molecule has 0 aliphatic heterocycles. The molecule has 0 fully saturated rings. The molecule has 5 heteroatoms. The third-order valence-corrected chi connectivity index (χ3v) is 3.98. The lowest BCUT2D eigenvalue weighted by Gasteiger charge is -2.10. The standard InChI is InChI=1S/C16H21N5/c1-3-14(17)8-12-4-5-13-6-7-21(15(13)9-12)10-16-18-11-19-20(16)2/h4-7,9,11,14H,3,8,10,17H2,1-2H3. The quantitative estimate of drug-likeness (QED) is 0.780. The normalized spacial score (nSPS) is 12.9. The zero-order valence-corrected chi connectivity index (χ0v) is 12.5. The van der Waals surface area contributed by atoms with E-state index < -0.39 is 0 Å². The van der Waals surface area contributed by atoms with E-state index in [1.807, 2.05) is 11.7 Å². The van der Waals surface area contributed by atoms with Crippen molar-refractivity contribution in [2.24, 2.45) is 12.8 Å². The Bertz CT molecular complexity index is 740. The van der Waals surface area contributed by atoms with Crippen LogP contribution in [-0.4, -0.2) is 25.4 Å². The van der Waals surface area contributed by atoms with Gasteiger partial charge in [0.05, 0.1) is 6.54 Å². The van der Waals surface area contributed by atoms with Crippen LogP contribution in [0.4, 0.5) is 0 Å². The van der Waals surface area contributed by atoms with E-state index in [4.69, 9.17) is 5.73 Å². The van der Waals surface area contributed by atoms with Gasteiger partial charge in [-0.15, -0.1) is 0 Å². The highest BCUT2D eigenvalue weighted by Crippen LogP contribution is 2.19. The molecule has 0 aliphatic rings. The molecular formula is C16H21N5. The molecule has 1 atom stereocenters. The summed E-state index contributed by atoms with van der Waals surface area (Å²) in [5.74, 6) is 0.947. The van der Waals surface area contributed by atoms with Crippen molar-refractivity contribution in [3.8, 4) is 0 Å². The summed E-state index contributed by atoms with van der Waals surface area (Å²) in [6.07, 6.45) is 5.61. The van der Waals surface area contributed by atoms with Crippen molar-refractivity contribution in [3.63, 3.8) is 0 Å². The van der Waals surface area contributed by atoms with E-state index in [1.165, 1.54) is 16.5 Å². The lowest BCUT2D eigenvalue weighted by Crippen LogP contribution is -2.21. The number of nitrogens with zero attached hydrogens (tertiary/aromatic N) is 4. The van der Waals surface area contributed by atoms with Crippen LogP contribution in [0.1, 0.15) is 24.7 Å². The number of hydrogen-bond donors (Lipinski definition) is 1. The van der Waals surface area contributed by atoms with Gasteiger partial charge in [0.15, 0.2) is 0 Å². The molecule has 0 amide bonds. The minimum absolute atomic E-state index is 0.226. The Morgan fingerprint density at radius 1 is 1.29 bits per heavy atom. The molecule has 5 nitrogen and oxygen atoms in total. The van der Waals surface area contributed by atoms with E-state index in [-0.39, 0.29) is 6.04 Å². The molecule has 3 aromatic rings. The monoisotopic (exact) mass is 283 g/mol. The Balaban J connectivity index is 1.92. The maximum absolute atomic E-state index is 6.06. The Labute approximate surface area is 124 Å². The van der Waals surface area contributed by atoms with Crippen LogP contribution in [-0.2, 0) is 20.0 Å². The first kappa shape index (κ1) is 13.8. The third kappa shape index (κ3) is 2.83. The zero-order chi connectivity index (χ0) is 14.8. The first-order chi connectivity index (χ1) is 10.2. The van der Waals surface area contributed by atoms with E-state index in [9.17, 15) is 0 Å². The van der Waals surface area contributed by atoms with Gasteiger partial charge in [0.2, 0.25) is 0 Å². The lowest BCUT2D eigenvalue weighted by molar-refractivity contribution is 0.646. The van der Waals surface area contributed by atoms with Gasteiger partial charge < -0.3 is 10.3 Å². The summed E-state index contributed by atoms with van der Waals surface area (Å²) in [7, 11) is 1.92. The summed E-state index contributed by atoms with van der Waals surface area (Å²) in [6, 6.07) is 8.94. The van der Waals surface area contributed by atoms with Crippen molar-refractivity contribution in [1.82, 2.24) is 19.3 Å². The highest BCUT2D eigenvalue weighted by molar-refractivity contribution is 5.80. The molecule has 3 rings (SSSR count). The second-order valence-electron chi connectivity index (χ2n) is 5.51. The molecule has 110 valence electrons. The van der Waals surface area contributed by atoms with E-state index in [1.54, 1.807) is 6.33 Å². The van der Waals surface area contributed by atoms with Crippen LogP contribution in [0.5, 0.6) is 0 Å². The number of rotatable bonds is 5. The molecule has 2 heterocycles. The van der Waals surface area contributed by atoms with Gasteiger partial charge in [-0.05, 0) is 35.9 Å². The smallest absolute Gasteiger partial charge is 0.146 e. The fraction of sp³-hybridized carbons (Fsp3) is 0.375. The van der Waals surface area contributed by atoms with Crippen LogP contribution in [0.3, 0.4) is 0 Å². The van der Waals surface area contributed by atoms with Crippen molar-refractivity contribution in [2.45, 2.75) is 32.4 Å². The average molecular weight is 283 g/mol. The fourth-order valence-electron chi connectivity index (χ4n) is 2.56. The first-order valence-electron chi connectivity index (χ1n) is 7.33. The number of aryl methyl sites for hydroxylation is 1. The second-order valence-corrected chi connectivity index (χ2v) is 5.51. The molecule has 0 spiro atoms. The third-order valence-electron chi connectivity index (χ3n) is 3.98. The summed E-state index contributed by atoms with van der Waals surface area (Å²) in [4.78, 5) is 4.29. The Morgan fingerprint density at radius 3 is 2.86 bits per heavy atom. The summed E-state index contributed by atoms with van der Waals surface area (Å²) >= 11 is 0. The maximum Gasteiger partial charge on any atom is 0.146 e. The molecule has 1 unspecified atom stereocenters. The topological polar surface area (TPSA) is 61.7 Å². The van der Waals surface area contributed by atoms with Crippen molar-refractivity contribution in [3.05, 3.63) is 48.2 Å². The van der Waals surface area contributed by atoms with Crippen molar-refractivity contribution in [1.29, 1.82) is 0 Å². The molecular weight excluding hydrogens is 262 g/mol. The van der Waals surface area contributed by atoms with E-state index >= 15 is 0 Å². The summed E-state index contributed by atoms with van der Waals surface area (Å²) in [5, 5.41) is 5.36. The summed E-state index contributed by atoms with van der Waals surface area (Å²) in [5.41, 5.74) is 8.57. The Hall–Kier alpha value is -2.14. The van der Waals surface area contributed by atoms with Crippen LogP contribution in [0.15, 0.2) is 36.8 Å². The number of benzene rings is 1. The van der Waals surface area contributed by atoms with E-state index in [2.05, 4.69) is 52.0 Å². The molecule has 1 aromatic carbocycles. The van der Waals surface area contributed by atoms with Crippen molar-refractivity contribution >= 4 is 10.9 Å². The first-order valence-corrected chi connectivity index (χ1v) is 7.33. The van der Waals surface area contributed by atoms with Gasteiger partial charge >= 0.3 is 0 Å². The highest BCUT2D eigenvalue weighted by Gasteiger charge is 2.08. The van der Waals surface area contributed by atoms with Gasteiger partial charge in [-0.1, -0.05) is 19.1 Å².